The van der Waals surface area contributed by atoms with Gasteiger partial charge in [0, 0.05) is 56.8 Å². The molecular formula is C34H43ClN4O6S. The zero-order valence-corrected chi connectivity index (χ0v) is 28.0. The van der Waals surface area contributed by atoms with Crippen molar-refractivity contribution < 1.29 is 22.9 Å². The summed E-state index contributed by atoms with van der Waals surface area (Å²) in [6.45, 7) is 9.01. The average Bonchev–Trinajstić information content (AvgIpc) is 3.06. The molecule has 0 radical (unpaired) electrons. The van der Waals surface area contributed by atoms with Gasteiger partial charge in [-0.05, 0) is 61.2 Å². The number of nitro groups is 1. The van der Waals surface area contributed by atoms with Crippen molar-refractivity contribution in [3.63, 3.8) is 0 Å². The second kappa shape index (κ2) is 16.7. The van der Waals surface area contributed by atoms with E-state index >= 15 is 0 Å². The normalized spacial score (nSPS) is 15.4. The van der Waals surface area contributed by atoms with Crippen LogP contribution in [0.2, 0.25) is 0 Å². The number of nitrogens with zero attached hydrogens (tertiary/aromatic N) is 4. The molecule has 1 heterocycles. The number of ether oxygens (including phenoxy) is 1. The molecular weight excluding hydrogens is 628 g/mol. The van der Waals surface area contributed by atoms with Crippen LogP contribution in [-0.4, -0.2) is 79.4 Å². The summed E-state index contributed by atoms with van der Waals surface area (Å²) in [7, 11) is -2.00. The van der Waals surface area contributed by atoms with Crippen LogP contribution in [-0.2, 0) is 26.8 Å². The number of carbonyl (C=O) groups is 1. The lowest BCUT2D eigenvalue weighted by molar-refractivity contribution is -0.384. The molecule has 0 aliphatic carbocycles. The van der Waals surface area contributed by atoms with Crippen molar-refractivity contribution in [3.05, 3.63) is 119 Å². The number of hydrogen-bond acceptors (Lipinski definition) is 7. The minimum atomic E-state index is -3.65. The smallest absolute Gasteiger partial charge is 0.410 e. The molecule has 12 heteroatoms. The maximum absolute atomic E-state index is 13.4. The zero-order valence-electron chi connectivity index (χ0n) is 26.4. The molecule has 248 valence electrons. The summed E-state index contributed by atoms with van der Waals surface area (Å²) in [5.41, 5.74) is 1.32. The molecule has 3 aromatic carbocycles. The predicted molar refractivity (Wildman–Crippen MR) is 182 cm³/mol. The minimum Gasteiger partial charge on any atom is -0.445 e. The molecule has 3 aromatic rings. The third-order valence-electron chi connectivity index (χ3n) is 8.54. The summed E-state index contributed by atoms with van der Waals surface area (Å²) in [5.74, 6) is 0. The molecule has 10 nitrogen and oxygen atoms in total. The molecule has 0 bridgehead atoms. The number of non-ortho nitro benzene ring substituents is 1. The lowest BCUT2D eigenvalue weighted by Gasteiger charge is -2.40. The lowest BCUT2D eigenvalue weighted by atomic mass is 9.79. The van der Waals surface area contributed by atoms with E-state index in [0.717, 1.165) is 44.5 Å². The third-order valence-corrected chi connectivity index (χ3v) is 10.4. The Morgan fingerprint density at radius 1 is 1.04 bits per heavy atom. The molecule has 1 unspecified atom stereocenters. The first kappa shape index (κ1) is 36.7. The monoisotopic (exact) mass is 670 g/mol. The number of amides is 1. The number of halogens is 1. The van der Waals surface area contributed by atoms with Crippen LogP contribution >= 0.6 is 12.4 Å². The van der Waals surface area contributed by atoms with Crippen molar-refractivity contribution >= 4 is 34.2 Å². The standard InChI is InChI=1S/C34H42N4O6S.ClH/c1-4-22-37(33(39)44-26-28-15-17-31(18-16-28)38(40)41)30-19-23-36(24-20-30)25-21-34(2,29-11-7-5-8-12-29)27-35(3)45(42,43)32-13-9-6-10-14-32;/h4-18,30H,1,19-27H2,2-3H3;1H. The average molecular weight is 671 g/mol. The summed E-state index contributed by atoms with van der Waals surface area (Å²) >= 11 is 0. The highest BCUT2D eigenvalue weighted by Crippen LogP contribution is 2.31. The molecule has 1 saturated heterocycles. The summed E-state index contributed by atoms with van der Waals surface area (Å²) < 4.78 is 33.7. The van der Waals surface area contributed by atoms with E-state index < -0.39 is 26.5 Å². The highest BCUT2D eigenvalue weighted by Gasteiger charge is 2.34. The Bertz CT molecular complexity index is 1530. The number of rotatable bonds is 14. The Balaban J connectivity index is 0.00000576. The zero-order chi connectivity index (χ0) is 32.5. The first-order valence-corrected chi connectivity index (χ1v) is 16.5. The number of hydrogen-bond donors (Lipinski definition) is 0. The van der Waals surface area contributed by atoms with E-state index in [2.05, 4.69) is 30.5 Å². The summed E-state index contributed by atoms with van der Waals surface area (Å²) in [6.07, 6.45) is 3.54. The second-order valence-corrected chi connectivity index (χ2v) is 13.8. The van der Waals surface area contributed by atoms with Crippen molar-refractivity contribution in [2.75, 3.05) is 39.8 Å². The van der Waals surface area contributed by atoms with E-state index in [1.807, 2.05) is 18.2 Å². The van der Waals surface area contributed by atoms with Gasteiger partial charge in [-0.1, -0.05) is 61.5 Å². The van der Waals surface area contributed by atoms with Gasteiger partial charge in [0.05, 0.1) is 9.82 Å². The first-order valence-electron chi connectivity index (χ1n) is 15.1. The Kier molecular flexibility index (Phi) is 13.3. The number of nitro benzene ring substituents is 1. The van der Waals surface area contributed by atoms with Gasteiger partial charge < -0.3 is 14.5 Å². The van der Waals surface area contributed by atoms with Crippen molar-refractivity contribution in [3.8, 4) is 0 Å². The minimum absolute atomic E-state index is 0. The van der Waals surface area contributed by atoms with Gasteiger partial charge in [0.25, 0.3) is 5.69 Å². The fourth-order valence-electron chi connectivity index (χ4n) is 5.82. The Morgan fingerprint density at radius 3 is 2.20 bits per heavy atom. The van der Waals surface area contributed by atoms with Crippen molar-refractivity contribution in [2.24, 2.45) is 0 Å². The number of piperidine rings is 1. The Labute approximate surface area is 278 Å². The van der Waals surface area contributed by atoms with Gasteiger partial charge in [-0.2, -0.15) is 0 Å². The molecule has 0 saturated carbocycles. The molecule has 1 fully saturated rings. The van der Waals surface area contributed by atoms with Crippen LogP contribution in [0.15, 0.2) is 102 Å². The van der Waals surface area contributed by atoms with E-state index in [0.29, 0.717) is 18.7 Å². The second-order valence-electron chi connectivity index (χ2n) is 11.7. The van der Waals surface area contributed by atoms with Crippen LogP contribution in [0, 0.1) is 10.1 Å². The maximum atomic E-state index is 13.4. The SMILES string of the molecule is C=CCN(C(=O)OCc1ccc([N+](=O)[O-])cc1)C1CCN(CCC(C)(CN(C)S(=O)(=O)c2ccccc2)c2ccccc2)CC1.Cl. The third kappa shape index (κ3) is 9.38. The molecule has 1 aliphatic heterocycles. The van der Waals surface area contributed by atoms with Crippen LogP contribution in [0.4, 0.5) is 10.5 Å². The Morgan fingerprint density at radius 2 is 1.63 bits per heavy atom. The molecule has 1 atom stereocenters. The van der Waals surface area contributed by atoms with Crippen molar-refractivity contribution in [1.29, 1.82) is 0 Å². The topological polar surface area (TPSA) is 113 Å². The van der Waals surface area contributed by atoms with Crippen molar-refractivity contribution in [2.45, 2.75) is 49.1 Å². The van der Waals surface area contributed by atoms with Gasteiger partial charge in [0.15, 0.2) is 0 Å². The summed E-state index contributed by atoms with van der Waals surface area (Å²) in [4.78, 5) is 27.8. The highest BCUT2D eigenvalue weighted by molar-refractivity contribution is 7.89. The van der Waals surface area contributed by atoms with Gasteiger partial charge >= 0.3 is 6.09 Å². The number of benzene rings is 3. The number of likely N-dealkylation sites (N-methyl/N-ethyl adjacent to an activating group) is 1. The number of carbonyl (C=O) groups excluding carboxylic acids is 1. The molecule has 0 aromatic heterocycles. The molecule has 4 rings (SSSR count). The van der Waals surface area contributed by atoms with Crippen LogP contribution in [0.3, 0.4) is 0 Å². The molecule has 46 heavy (non-hydrogen) atoms. The van der Waals surface area contributed by atoms with E-state index in [-0.39, 0.29) is 35.6 Å². The van der Waals surface area contributed by atoms with Gasteiger partial charge in [-0.15, -0.1) is 19.0 Å². The predicted octanol–water partition coefficient (Wildman–Crippen LogP) is 6.27. The fraction of sp³-hybridized carbons (Fsp3) is 0.382. The number of likely N-dealkylation sites (tertiary alicyclic amines) is 1. The molecule has 1 amide bonds. The van der Waals surface area contributed by atoms with E-state index in [1.54, 1.807) is 60.5 Å². The van der Waals surface area contributed by atoms with Gasteiger partial charge in [-0.3, -0.25) is 10.1 Å². The molecule has 0 spiro atoms. The maximum Gasteiger partial charge on any atom is 0.410 e. The number of sulfonamides is 1. The van der Waals surface area contributed by atoms with E-state index in [9.17, 15) is 23.3 Å². The Hall–Kier alpha value is -3.77. The van der Waals surface area contributed by atoms with Gasteiger partial charge in [0.2, 0.25) is 10.0 Å². The van der Waals surface area contributed by atoms with E-state index in [4.69, 9.17) is 4.74 Å². The highest BCUT2D eigenvalue weighted by atomic mass is 35.5. The van der Waals surface area contributed by atoms with Gasteiger partial charge in [-0.25, -0.2) is 17.5 Å². The van der Waals surface area contributed by atoms with Crippen molar-refractivity contribution in [1.82, 2.24) is 14.1 Å². The van der Waals surface area contributed by atoms with Crippen LogP contribution in [0.25, 0.3) is 0 Å². The largest absolute Gasteiger partial charge is 0.445 e. The van der Waals surface area contributed by atoms with Crippen LogP contribution in [0.5, 0.6) is 0 Å². The molecule has 0 N–H and O–H groups in total. The van der Waals surface area contributed by atoms with Crippen LogP contribution < -0.4 is 0 Å². The lowest BCUT2D eigenvalue weighted by Crippen LogP contribution is -2.48. The quantitative estimate of drug-likeness (QED) is 0.113. The summed E-state index contributed by atoms with van der Waals surface area (Å²) in [6, 6.07) is 24.5. The summed E-state index contributed by atoms with van der Waals surface area (Å²) in [5, 5.41) is 10.9. The fourth-order valence-corrected chi connectivity index (χ4v) is 7.13. The first-order chi connectivity index (χ1) is 21.5. The van der Waals surface area contributed by atoms with E-state index in [1.165, 1.54) is 16.4 Å². The van der Waals surface area contributed by atoms with Crippen LogP contribution in [0.1, 0.15) is 37.3 Å². The molecule has 1 aliphatic rings. The van der Waals surface area contributed by atoms with Gasteiger partial charge in [0.1, 0.15) is 6.61 Å².